The quantitative estimate of drug-likeness (QED) is 0.856. The molecule has 1 N–H and O–H groups in total. The van der Waals surface area contributed by atoms with Gasteiger partial charge in [0.25, 0.3) is 0 Å². The van der Waals surface area contributed by atoms with Crippen LogP contribution in [0.25, 0.3) is 0 Å². The van der Waals surface area contributed by atoms with Crippen molar-refractivity contribution in [2.45, 2.75) is 23.5 Å². The zero-order valence-electron chi connectivity index (χ0n) is 8.94. The summed E-state index contributed by atoms with van der Waals surface area (Å²) in [5.41, 5.74) is 0. The van der Waals surface area contributed by atoms with Gasteiger partial charge >= 0.3 is 0 Å². The highest BCUT2D eigenvalue weighted by atomic mass is 35.5. The van der Waals surface area contributed by atoms with Crippen molar-refractivity contribution in [3.8, 4) is 0 Å². The second-order valence-corrected chi connectivity index (χ2v) is 5.93. The van der Waals surface area contributed by atoms with E-state index in [0.717, 1.165) is 9.92 Å². The van der Waals surface area contributed by atoms with E-state index in [1.165, 1.54) is 0 Å². The van der Waals surface area contributed by atoms with Gasteiger partial charge in [-0.3, -0.25) is 0 Å². The van der Waals surface area contributed by atoms with E-state index in [-0.39, 0.29) is 4.75 Å². The van der Waals surface area contributed by atoms with E-state index in [0.29, 0.717) is 5.82 Å². The Bertz CT molecular complexity index is 452. The van der Waals surface area contributed by atoms with Gasteiger partial charge in [-0.05, 0) is 38.1 Å². The molecule has 1 aromatic carbocycles. The van der Waals surface area contributed by atoms with Crippen molar-refractivity contribution >= 4 is 23.4 Å². The van der Waals surface area contributed by atoms with Gasteiger partial charge in [-0.2, -0.15) is 5.21 Å². The van der Waals surface area contributed by atoms with Crippen LogP contribution in [0.15, 0.2) is 29.2 Å². The number of tetrazole rings is 1. The van der Waals surface area contributed by atoms with Gasteiger partial charge < -0.3 is 0 Å². The van der Waals surface area contributed by atoms with Crippen LogP contribution in [-0.2, 0) is 4.75 Å². The lowest BCUT2D eigenvalue weighted by atomic mass is 10.2. The largest absolute Gasteiger partial charge is 0.190 e. The highest BCUT2D eigenvalue weighted by Gasteiger charge is 2.26. The molecule has 4 nitrogen and oxygen atoms in total. The number of hydrogen-bond acceptors (Lipinski definition) is 4. The second kappa shape index (κ2) is 4.43. The van der Waals surface area contributed by atoms with Gasteiger partial charge in [0.2, 0.25) is 0 Å². The summed E-state index contributed by atoms with van der Waals surface area (Å²) in [4.78, 5) is 1.12. The summed E-state index contributed by atoms with van der Waals surface area (Å²) in [7, 11) is 0. The summed E-state index contributed by atoms with van der Waals surface area (Å²) in [6.45, 7) is 4.11. The first-order valence-electron chi connectivity index (χ1n) is 4.76. The Kier molecular flexibility index (Phi) is 3.16. The number of rotatable bonds is 3. The van der Waals surface area contributed by atoms with Gasteiger partial charge in [0.05, 0.1) is 4.75 Å². The molecule has 0 unspecified atom stereocenters. The number of nitrogens with zero attached hydrogens (tertiary/aromatic N) is 3. The van der Waals surface area contributed by atoms with Crippen molar-refractivity contribution in [3.63, 3.8) is 0 Å². The number of H-pyrrole nitrogens is 1. The van der Waals surface area contributed by atoms with E-state index >= 15 is 0 Å². The van der Waals surface area contributed by atoms with E-state index in [1.807, 2.05) is 24.3 Å². The van der Waals surface area contributed by atoms with Crippen LogP contribution in [0.2, 0.25) is 5.02 Å². The summed E-state index contributed by atoms with van der Waals surface area (Å²) in [6, 6.07) is 7.70. The minimum absolute atomic E-state index is 0.221. The molecule has 0 aliphatic heterocycles. The van der Waals surface area contributed by atoms with Crippen LogP contribution in [0.1, 0.15) is 19.7 Å². The molecule has 84 valence electrons. The maximum atomic E-state index is 5.83. The smallest absolute Gasteiger partial charge is 0.177 e. The van der Waals surface area contributed by atoms with Crippen LogP contribution < -0.4 is 0 Å². The maximum absolute atomic E-state index is 5.83. The number of hydrogen-bond donors (Lipinski definition) is 1. The van der Waals surface area contributed by atoms with Crippen molar-refractivity contribution in [2.24, 2.45) is 0 Å². The summed E-state index contributed by atoms with van der Waals surface area (Å²) in [5, 5.41) is 14.8. The molecule has 0 radical (unpaired) electrons. The van der Waals surface area contributed by atoms with Gasteiger partial charge in [0.1, 0.15) is 0 Å². The molecule has 1 heterocycles. The van der Waals surface area contributed by atoms with Gasteiger partial charge in [-0.25, -0.2) is 0 Å². The zero-order valence-corrected chi connectivity index (χ0v) is 10.5. The maximum Gasteiger partial charge on any atom is 0.190 e. The molecule has 0 spiro atoms. The molecule has 1 aromatic heterocycles. The van der Waals surface area contributed by atoms with E-state index < -0.39 is 0 Å². The molecular weight excluding hydrogens is 244 g/mol. The number of benzene rings is 1. The molecule has 0 aliphatic carbocycles. The van der Waals surface area contributed by atoms with E-state index in [4.69, 9.17) is 11.6 Å². The molecule has 0 aliphatic rings. The molecule has 16 heavy (non-hydrogen) atoms. The predicted octanol–water partition coefficient (Wildman–Crippen LogP) is 2.88. The number of nitrogens with one attached hydrogen (secondary N) is 1. The minimum Gasteiger partial charge on any atom is -0.177 e. The van der Waals surface area contributed by atoms with Crippen LogP contribution in [-0.4, -0.2) is 20.6 Å². The Morgan fingerprint density at radius 3 is 2.50 bits per heavy atom. The average Bonchev–Trinajstić information content (AvgIpc) is 2.75. The number of thioether (sulfide) groups is 1. The molecule has 0 saturated carbocycles. The van der Waals surface area contributed by atoms with Crippen LogP contribution in [0.4, 0.5) is 0 Å². The Morgan fingerprint density at radius 2 is 1.94 bits per heavy atom. The third-order valence-electron chi connectivity index (χ3n) is 2.07. The molecule has 0 fully saturated rings. The number of halogens is 1. The Labute approximate surface area is 103 Å². The van der Waals surface area contributed by atoms with Gasteiger partial charge in [0.15, 0.2) is 5.82 Å². The van der Waals surface area contributed by atoms with Crippen molar-refractivity contribution in [3.05, 3.63) is 35.1 Å². The van der Waals surface area contributed by atoms with Crippen LogP contribution in [0, 0.1) is 0 Å². The molecule has 0 amide bonds. The van der Waals surface area contributed by atoms with Crippen LogP contribution in [0.5, 0.6) is 0 Å². The SMILES string of the molecule is CC(C)(Sc1ccc(Cl)cc1)c1nn[nH]n1. The van der Waals surface area contributed by atoms with Gasteiger partial charge in [0, 0.05) is 9.92 Å². The molecule has 0 saturated heterocycles. The Morgan fingerprint density at radius 1 is 1.25 bits per heavy atom. The fourth-order valence-electron chi connectivity index (χ4n) is 1.26. The third kappa shape index (κ3) is 2.54. The van der Waals surface area contributed by atoms with Crippen molar-refractivity contribution < 1.29 is 0 Å². The van der Waals surface area contributed by atoms with Gasteiger partial charge in [-0.1, -0.05) is 16.8 Å². The van der Waals surface area contributed by atoms with Crippen molar-refractivity contribution in [1.29, 1.82) is 0 Å². The second-order valence-electron chi connectivity index (χ2n) is 3.80. The Balaban J connectivity index is 2.18. The summed E-state index contributed by atoms with van der Waals surface area (Å²) < 4.78 is -0.221. The van der Waals surface area contributed by atoms with Gasteiger partial charge in [-0.15, -0.1) is 22.0 Å². The number of aromatic nitrogens is 4. The third-order valence-corrected chi connectivity index (χ3v) is 3.52. The molecule has 2 rings (SSSR count). The number of aromatic amines is 1. The monoisotopic (exact) mass is 254 g/mol. The molecular formula is C10H11ClN4S. The van der Waals surface area contributed by atoms with Crippen LogP contribution in [0.3, 0.4) is 0 Å². The van der Waals surface area contributed by atoms with Crippen LogP contribution >= 0.6 is 23.4 Å². The average molecular weight is 255 g/mol. The van der Waals surface area contributed by atoms with Crippen molar-refractivity contribution in [1.82, 2.24) is 20.6 Å². The lowest BCUT2D eigenvalue weighted by Gasteiger charge is -2.19. The highest BCUT2D eigenvalue weighted by molar-refractivity contribution is 8.00. The molecule has 6 heteroatoms. The molecule has 2 aromatic rings. The lowest BCUT2D eigenvalue weighted by molar-refractivity contribution is 0.710. The van der Waals surface area contributed by atoms with E-state index in [9.17, 15) is 0 Å². The molecule has 0 bridgehead atoms. The summed E-state index contributed by atoms with van der Waals surface area (Å²) >= 11 is 7.50. The first-order chi connectivity index (χ1) is 7.58. The topological polar surface area (TPSA) is 54.5 Å². The van der Waals surface area contributed by atoms with E-state index in [1.54, 1.807) is 11.8 Å². The standard InChI is InChI=1S/C10H11ClN4S/c1-10(2,9-12-14-15-13-9)16-8-5-3-7(11)4-6-8/h3-6H,1-2H3,(H,12,13,14,15). The summed E-state index contributed by atoms with van der Waals surface area (Å²) in [5.74, 6) is 0.687. The fraction of sp³-hybridized carbons (Fsp3) is 0.300. The van der Waals surface area contributed by atoms with Crippen molar-refractivity contribution in [2.75, 3.05) is 0 Å². The first-order valence-corrected chi connectivity index (χ1v) is 5.96. The predicted molar refractivity (Wildman–Crippen MR) is 64.5 cm³/mol. The minimum atomic E-state index is -0.221. The summed E-state index contributed by atoms with van der Waals surface area (Å²) in [6.07, 6.45) is 0. The zero-order chi connectivity index (χ0) is 11.6. The molecule has 0 atom stereocenters. The first kappa shape index (κ1) is 11.4. The highest BCUT2D eigenvalue weighted by Crippen LogP contribution is 2.38. The lowest BCUT2D eigenvalue weighted by Crippen LogP contribution is -2.14. The Hall–Kier alpha value is -1.07. The normalized spacial score (nSPS) is 11.7. The fourth-order valence-corrected chi connectivity index (χ4v) is 2.42. The van der Waals surface area contributed by atoms with E-state index in [2.05, 4.69) is 34.5 Å².